The highest BCUT2D eigenvalue weighted by Crippen LogP contribution is 2.68. The number of aliphatic hydroxyl groups is 2. The number of carbonyl (C=O) groups excluding carboxylic acids is 4. The smallest absolute Gasteiger partial charge is 0.415 e. The Kier molecular flexibility index (Phi) is 20.8. The summed E-state index contributed by atoms with van der Waals surface area (Å²) in [5, 5.41) is 49.1. The van der Waals surface area contributed by atoms with Gasteiger partial charge in [0, 0.05) is 66.7 Å². The van der Waals surface area contributed by atoms with Gasteiger partial charge in [-0.1, -0.05) is 34.6 Å². The minimum Gasteiger partial charge on any atom is -0.480 e. The number of fused-ring (bicyclic) bond motifs is 6. The van der Waals surface area contributed by atoms with Crippen LogP contribution in [0.4, 0.5) is 4.79 Å². The second-order valence-corrected chi connectivity index (χ2v) is 28.4. The van der Waals surface area contributed by atoms with E-state index in [2.05, 4.69) is 46.3 Å². The number of aliphatic imine (C=N–C) groups is 1. The number of thiazole rings is 1. The van der Waals surface area contributed by atoms with Crippen LogP contribution < -0.4 is 15.4 Å². The molecule has 8 rings (SSSR count). The molecule has 1 aromatic heterocycles. The van der Waals surface area contributed by atoms with Gasteiger partial charge in [0.15, 0.2) is 17.6 Å². The fourth-order valence-electron chi connectivity index (χ4n) is 15.7. The highest BCUT2D eigenvalue weighted by molar-refractivity contribution is 8.15. The molecule has 19 heteroatoms. The average Bonchev–Trinajstić information content (AvgIpc) is 3.45. The standard InChI is InChI=1S/C63H92N6O11S2/c1-36(43-18-19-44-52-45(22-24-63(43,44)8)62(7)23-21-41(70)32-40(62)33-49(52)71)14-12-27-64-47(58(75)76)15-10-11-26-65-51(72)16-13-28-69(31-30-68(9)29-25-61(5,6)53-39(4)54(73)37(2)38(3)55(53)74)60(79)80-42-17-20-46-50(34-42)82-57(66-46)56-67-48(35-81-56)59(77)78/h17,20,34,36,40-41,43-45,47-49,52,64,70-71H,10-16,18-19,21-33,35H2,1-9H3,(H,65,72)(H,75,76)(H,77,78)/t36-,40+,41-,43-,44+,45+,47?,48?,49-,52+,62+,63-/m1/s1. The number of aliphatic carboxylic acids is 2. The molecule has 17 nitrogen and oxygen atoms in total. The van der Waals surface area contributed by atoms with Gasteiger partial charge in [-0.3, -0.25) is 24.2 Å². The molecule has 6 N–H and O–H groups in total. The Balaban J connectivity index is 0.777. The van der Waals surface area contributed by atoms with E-state index in [0.717, 1.165) is 49.6 Å². The maximum atomic E-state index is 14.0. The quantitative estimate of drug-likeness (QED) is 0.0379. The second-order valence-electron chi connectivity index (χ2n) is 26.3. The number of benzene rings is 1. The molecule has 452 valence electrons. The van der Waals surface area contributed by atoms with Crippen LogP contribution in [0.5, 0.6) is 5.75 Å². The number of allylic oxidation sites excluding steroid dienone is 4. The third-order valence-electron chi connectivity index (χ3n) is 20.7. The Labute approximate surface area is 493 Å². The zero-order chi connectivity index (χ0) is 59.4. The fourth-order valence-corrected chi connectivity index (χ4v) is 17.7. The Bertz CT molecular complexity index is 2810. The SMILES string of the molecule is CC1=C(C)C(=O)C(C(C)(C)CCN(C)CCN(CCCC(=O)NCCCCC(NCCC[C@@H](C)[C@H]2CC[C@H]3[C@@H]4[C@H](O)C[C@@H]5C[C@H](O)CC[C@]5(C)[C@H]4CC[C@]23C)C(=O)O)C(=O)Oc2ccc3nc(C4=NC(C(=O)O)CS4)sc3c2)=C(C)C1=O. The van der Waals surface area contributed by atoms with Gasteiger partial charge >= 0.3 is 18.0 Å². The van der Waals surface area contributed by atoms with Crippen molar-refractivity contribution in [3.8, 4) is 5.75 Å². The number of ketones is 2. The van der Waals surface area contributed by atoms with Crippen molar-refractivity contribution in [2.45, 2.75) is 182 Å². The summed E-state index contributed by atoms with van der Waals surface area (Å²) in [6.45, 7) is 19.0. The van der Waals surface area contributed by atoms with E-state index in [4.69, 9.17) is 4.74 Å². The molecule has 4 fully saturated rings. The molecular formula is C63H92N6O11S2. The molecule has 0 saturated heterocycles. The van der Waals surface area contributed by atoms with Crippen LogP contribution >= 0.6 is 23.1 Å². The van der Waals surface area contributed by atoms with Gasteiger partial charge < -0.3 is 45.6 Å². The van der Waals surface area contributed by atoms with Gasteiger partial charge in [-0.05, 0) is 201 Å². The number of nitrogens with one attached hydrogen (secondary N) is 2. The number of aromatic nitrogens is 1. The first-order valence-corrected chi connectivity index (χ1v) is 32.2. The maximum absolute atomic E-state index is 14.0. The van der Waals surface area contributed by atoms with Crippen molar-refractivity contribution in [2.24, 2.45) is 56.7 Å². The number of rotatable bonds is 26. The predicted octanol–water partition coefficient (Wildman–Crippen LogP) is 9.71. The molecule has 1 aromatic carbocycles. The van der Waals surface area contributed by atoms with Gasteiger partial charge in [-0.25, -0.2) is 14.6 Å². The number of likely N-dealkylation sites (N-methyl/N-ethyl adjacent to an activating group) is 1. The molecule has 5 aliphatic carbocycles. The van der Waals surface area contributed by atoms with E-state index in [-0.39, 0.29) is 60.0 Å². The molecule has 6 aliphatic rings. The number of amides is 2. The van der Waals surface area contributed by atoms with Crippen LogP contribution in [0, 0.1) is 51.8 Å². The van der Waals surface area contributed by atoms with Gasteiger partial charge in [0.1, 0.15) is 21.8 Å². The van der Waals surface area contributed by atoms with Gasteiger partial charge in [0.25, 0.3) is 0 Å². The molecule has 0 spiro atoms. The van der Waals surface area contributed by atoms with Crippen LogP contribution in [0.2, 0.25) is 0 Å². The van der Waals surface area contributed by atoms with E-state index in [9.17, 15) is 49.2 Å². The number of carboxylic acid groups (broad SMARTS) is 2. The second kappa shape index (κ2) is 26.8. The van der Waals surface area contributed by atoms with Crippen molar-refractivity contribution in [1.82, 2.24) is 25.4 Å². The van der Waals surface area contributed by atoms with E-state index in [1.165, 1.54) is 42.4 Å². The van der Waals surface area contributed by atoms with E-state index in [0.29, 0.717) is 143 Å². The van der Waals surface area contributed by atoms with Crippen molar-refractivity contribution in [3.63, 3.8) is 0 Å². The molecule has 2 heterocycles. The van der Waals surface area contributed by atoms with E-state index < -0.39 is 35.5 Å². The van der Waals surface area contributed by atoms with Gasteiger partial charge in [-0.2, -0.15) is 0 Å². The lowest BCUT2D eigenvalue weighted by Gasteiger charge is -2.62. The summed E-state index contributed by atoms with van der Waals surface area (Å²) < 4.78 is 6.69. The minimum atomic E-state index is -0.983. The van der Waals surface area contributed by atoms with Crippen molar-refractivity contribution in [1.29, 1.82) is 0 Å². The lowest BCUT2D eigenvalue weighted by Crippen LogP contribution is -2.58. The van der Waals surface area contributed by atoms with Gasteiger partial charge in [-0.15, -0.1) is 23.1 Å². The Morgan fingerprint density at radius 1 is 0.854 bits per heavy atom. The normalized spacial score (nSPS) is 29.1. The predicted molar refractivity (Wildman–Crippen MR) is 321 cm³/mol. The number of hydrogen-bond donors (Lipinski definition) is 6. The molecule has 0 bridgehead atoms. The van der Waals surface area contributed by atoms with Gasteiger partial charge in [0.05, 0.1) is 22.4 Å². The van der Waals surface area contributed by atoms with E-state index in [1.807, 2.05) is 20.9 Å². The fraction of sp³-hybridized carbons (Fsp3) is 0.714. The maximum Gasteiger partial charge on any atom is 0.415 e. The number of ether oxygens (including phenoxy) is 1. The highest BCUT2D eigenvalue weighted by Gasteiger charge is 2.63. The molecule has 1 aliphatic heterocycles. The summed E-state index contributed by atoms with van der Waals surface area (Å²) in [5.74, 6) is 1.30. The number of hydrogen-bond acceptors (Lipinski definition) is 15. The van der Waals surface area contributed by atoms with Crippen LogP contribution in [-0.2, 0) is 24.0 Å². The van der Waals surface area contributed by atoms with Crippen LogP contribution in [0.15, 0.2) is 45.5 Å². The van der Waals surface area contributed by atoms with Crippen molar-refractivity contribution in [3.05, 3.63) is 45.5 Å². The molecule has 2 unspecified atom stereocenters. The summed E-state index contributed by atoms with van der Waals surface area (Å²) in [6, 6.07) is 3.64. The lowest BCUT2D eigenvalue weighted by atomic mass is 9.43. The summed E-state index contributed by atoms with van der Waals surface area (Å²) in [7, 11) is 1.94. The first-order chi connectivity index (χ1) is 38.8. The first kappa shape index (κ1) is 63.5. The molecule has 2 amide bonds. The number of nitrogens with zero attached hydrogens (tertiary/aromatic N) is 4. The van der Waals surface area contributed by atoms with Gasteiger partial charge in [0.2, 0.25) is 5.91 Å². The molecule has 0 radical (unpaired) electrons. The Hall–Kier alpha value is -4.53. The first-order valence-electron chi connectivity index (χ1n) is 30.4. The van der Waals surface area contributed by atoms with Crippen LogP contribution in [0.1, 0.15) is 163 Å². The van der Waals surface area contributed by atoms with Crippen molar-refractivity contribution in [2.75, 3.05) is 52.1 Å². The molecule has 2 aromatic rings. The van der Waals surface area contributed by atoms with Crippen LogP contribution in [0.25, 0.3) is 10.2 Å². The summed E-state index contributed by atoms with van der Waals surface area (Å²) in [6.07, 6.45) is 11.9. The molecule has 4 saturated carbocycles. The summed E-state index contributed by atoms with van der Waals surface area (Å²) >= 11 is 2.68. The summed E-state index contributed by atoms with van der Waals surface area (Å²) in [4.78, 5) is 90.0. The Morgan fingerprint density at radius 2 is 1.59 bits per heavy atom. The third kappa shape index (κ3) is 14.1. The van der Waals surface area contributed by atoms with Crippen molar-refractivity contribution >= 4 is 73.9 Å². The van der Waals surface area contributed by atoms with Crippen LogP contribution in [0.3, 0.4) is 0 Å². The zero-order valence-corrected chi connectivity index (χ0v) is 51.7. The summed E-state index contributed by atoms with van der Waals surface area (Å²) in [5.41, 5.74) is 2.47. The zero-order valence-electron chi connectivity index (χ0n) is 50.0. The highest BCUT2D eigenvalue weighted by atomic mass is 32.2. The van der Waals surface area contributed by atoms with Crippen LogP contribution in [-0.4, -0.2) is 152 Å². The number of aliphatic hydroxyl groups excluding tert-OH is 2. The molecular weight excluding hydrogens is 1080 g/mol. The van der Waals surface area contributed by atoms with E-state index >= 15 is 0 Å². The number of thioether (sulfide) groups is 1. The lowest BCUT2D eigenvalue weighted by molar-refractivity contribution is -0.174. The monoisotopic (exact) mass is 1170 g/mol. The van der Waals surface area contributed by atoms with Crippen molar-refractivity contribution < 1.29 is 53.9 Å². The third-order valence-corrected chi connectivity index (χ3v) is 22.9. The largest absolute Gasteiger partial charge is 0.480 e. The number of Topliss-reactive ketones (excluding diaryl/α,β-unsaturated/α-hetero) is 2. The number of unbranched alkanes of at least 4 members (excludes halogenated alkanes) is 1. The topological polar surface area (TPSA) is 248 Å². The minimum absolute atomic E-state index is 0.0978. The average molecular weight is 1170 g/mol. The Morgan fingerprint density at radius 3 is 2.32 bits per heavy atom. The number of carbonyl (C=O) groups is 6. The molecule has 12 atom stereocenters. The number of carboxylic acids is 2. The van der Waals surface area contributed by atoms with E-state index in [1.54, 1.807) is 43.9 Å². The molecule has 82 heavy (non-hydrogen) atoms.